The molecule has 0 amide bonds. The molecule has 1 heterocycles. The quantitative estimate of drug-likeness (QED) is 0.745. The minimum atomic E-state index is -0.381. The summed E-state index contributed by atoms with van der Waals surface area (Å²) >= 11 is 6.22. The number of ether oxygens (including phenoxy) is 1. The van der Waals surface area contributed by atoms with Gasteiger partial charge in [0.1, 0.15) is 0 Å². The van der Waals surface area contributed by atoms with E-state index in [0.29, 0.717) is 17.2 Å². The molecule has 3 nitrogen and oxygen atoms in total. The van der Waals surface area contributed by atoms with E-state index in [4.69, 9.17) is 16.3 Å². The summed E-state index contributed by atoms with van der Waals surface area (Å²) in [5.74, 6) is -0.381. The smallest absolute Gasteiger partial charge is 0.341 e. The molecule has 0 fully saturated rings. The summed E-state index contributed by atoms with van der Waals surface area (Å²) in [6.45, 7) is 2.13. The summed E-state index contributed by atoms with van der Waals surface area (Å²) in [5, 5.41) is 0.531. The molecular weight excluding hydrogens is 226 g/mol. The van der Waals surface area contributed by atoms with Crippen LogP contribution in [0.3, 0.4) is 0 Å². The molecule has 0 radical (unpaired) electrons. The van der Waals surface area contributed by atoms with Crippen LogP contribution in [0.25, 0.3) is 0 Å². The first-order chi connectivity index (χ1) is 7.74. The predicted molar refractivity (Wildman–Crippen MR) is 61.8 cm³/mol. The second kappa shape index (κ2) is 4.83. The Morgan fingerprint density at radius 2 is 2.25 bits per heavy atom. The lowest BCUT2D eigenvalue weighted by atomic mass is 9.95. The average molecular weight is 240 g/mol. The summed E-state index contributed by atoms with van der Waals surface area (Å²) in [7, 11) is 0. The van der Waals surface area contributed by atoms with Gasteiger partial charge >= 0.3 is 5.97 Å². The molecule has 86 valence electrons. The van der Waals surface area contributed by atoms with Crippen LogP contribution < -0.4 is 0 Å². The van der Waals surface area contributed by atoms with Crippen LogP contribution in [0.1, 0.15) is 41.4 Å². The van der Waals surface area contributed by atoms with Crippen molar-refractivity contribution < 1.29 is 9.53 Å². The van der Waals surface area contributed by atoms with Crippen LogP contribution in [0.4, 0.5) is 0 Å². The first-order valence-corrected chi connectivity index (χ1v) is 5.95. The summed E-state index contributed by atoms with van der Waals surface area (Å²) in [6.07, 6.45) is 5.66. The number of rotatable bonds is 2. The van der Waals surface area contributed by atoms with Gasteiger partial charge < -0.3 is 4.74 Å². The van der Waals surface area contributed by atoms with Gasteiger partial charge in [0.05, 0.1) is 17.2 Å². The molecule has 0 unspecified atom stereocenters. The van der Waals surface area contributed by atoms with Crippen molar-refractivity contribution in [3.05, 3.63) is 28.0 Å². The number of aryl methyl sites for hydroxylation is 1. The van der Waals surface area contributed by atoms with Crippen LogP contribution >= 0.6 is 11.6 Å². The summed E-state index contributed by atoms with van der Waals surface area (Å²) < 4.78 is 4.94. The molecule has 0 atom stereocenters. The zero-order valence-corrected chi connectivity index (χ0v) is 10.0. The Morgan fingerprint density at radius 3 is 3.00 bits per heavy atom. The van der Waals surface area contributed by atoms with E-state index in [1.807, 2.05) is 0 Å². The Labute approximate surface area is 99.8 Å². The second-order valence-electron chi connectivity index (χ2n) is 3.84. The van der Waals surface area contributed by atoms with Crippen molar-refractivity contribution in [2.75, 3.05) is 6.61 Å². The summed E-state index contributed by atoms with van der Waals surface area (Å²) in [5.41, 5.74) is 2.45. The minimum absolute atomic E-state index is 0.353. The number of carbonyl (C=O) groups excluding carboxylic acids is 1. The molecule has 16 heavy (non-hydrogen) atoms. The van der Waals surface area contributed by atoms with Crippen molar-refractivity contribution >= 4 is 17.6 Å². The fraction of sp³-hybridized carbons (Fsp3) is 0.500. The van der Waals surface area contributed by atoms with Crippen LogP contribution in [0.2, 0.25) is 5.02 Å². The highest BCUT2D eigenvalue weighted by molar-refractivity contribution is 6.34. The summed E-state index contributed by atoms with van der Waals surface area (Å²) in [4.78, 5) is 15.9. The average Bonchev–Trinajstić information content (AvgIpc) is 2.30. The van der Waals surface area contributed by atoms with Gasteiger partial charge in [-0.05, 0) is 38.2 Å². The zero-order chi connectivity index (χ0) is 11.5. The van der Waals surface area contributed by atoms with Gasteiger partial charge in [-0.2, -0.15) is 0 Å². The monoisotopic (exact) mass is 239 g/mol. The maximum absolute atomic E-state index is 11.6. The molecule has 1 aromatic rings. The number of aromatic nitrogens is 1. The Bertz CT molecular complexity index is 418. The van der Waals surface area contributed by atoms with Gasteiger partial charge in [0, 0.05) is 11.9 Å². The van der Waals surface area contributed by atoms with Gasteiger partial charge in [0.2, 0.25) is 0 Å². The molecule has 0 N–H and O–H groups in total. The Hall–Kier alpha value is -1.09. The summed E-state index contributed by atoms with van der Waals surface area (Å²) in [6, 6.07) is 0. The maximum atomic E-state index is 11.6. The van der Waals surface area contributed by atoms with Crippen LogP contribution in [-0.4, -0.2) is 17.6 Å². The first-order valence-electron chi connectivity index (χ1n) is 5.57. The predicted octanol–water partition coefficient (Wildman–Crippen LogP) is 2.79. The van der Waals surface area contributed by atoms with Crippen molar-refractivity contribution in [1.29, 1.82) is 0 Å². The van der Waals surface area contributed by atoms with Crippen LogP contribution in [-0.2, 0) is 17.6 Å². The molecule has 1 aromatic heterocycles. The highest BCUT2D eigenvalue weighted by Crippen LogP contribution is 2.29. The van der Waals surface area contributed by atoms with Crippen molar-refractivity contribution in [2.45, 2.75) is 32.6 Å². The van der Waals surface area contributed by atoms with Crippen LogP contribution in [0.15, 0.2) is 6.20 Å². The van der Waals surface area contributed by atoms with E-state index in [1.165, 1.54) is 6.20 Å². The van der Waals surface area contributed by atoms with Crippen molar-refractivity contribution in [1.82, 2.24) is 4.98 Å². The van der Waals surface area contributed by atoms with Crippen molar-refractivity contribution in [3.8, 4) is 0 Å². The number of halogens is 1. The highest BCUT2D eigenvalue weighted by atomic mass is 35.5. The first kappa shape index (κ1) is 11.4. The van der Waals surface area contributed by atoms with E-state index in [-0.39, 0.29) is 5.97 Å². The van der Waals surface area contributed by atoms with E-state index in [0.717, 1.165) is 36.9 Å². The van der Waals surface area contributed by atoms with E-state index in [2.05, 4.69) is 4.98 Å². The Morgan fingerprint density at radius 1 is 1.50 bits per heavy atom. The van der Waals surface area contributed by atoms with Crippen LogP contribution in [0.5, 0.6) is 0 Å². The van der Waals surface area contributed by atoms with E-state index < -0.39 is 0 Å². The molecule has 0 spiro atoms. The van der Waals surface area contributed by atoms with Gasteiger partial charge in [0.15, 0.2) is 0 Å². The molecule has 0 aliphatic heterocycles. The second-order valence-corrected chi connectivity index (χ2v) is 4.22. The lowest BCUT2D eigenvalue weighted by molar-refractivity contribution is 0.0526. The number of hydrogen-bond donors (Lipinski definition) is 0. The Kier molecular flexibility index (Phi) is 3.44. The molecule has 0 saturated heterocycles. The molecule has 2 rings (SSSR count). The topological polar surface area (TPSA) is 39.2 Å². The number of fused-ring (bicyclic) bond motifs is 1. The number of esters is 1. The van der Waals surface area contributed by atoms with Gasteiger partial charge in [-0.25, -0.2) is 4.79 Å². The fourth-order valence-electron chi connectivity index (χ4n) is 1.98. The van der Waals surface area contributed by atoms with Gasteiger partial charge in [0.25, 0.3) is 0 Å². The van der Waals surface area contributed by atoms with E-state index >= 15 is 0 Å². The van der Waals surface area contributed by atoms with Crippen molar-refractivity contribution in [3.63, 3.8) is 0 Å². The Balaban J connectivity index is 2.37. The largest absolute Gasteiger partial charge is 0.462 e. The molecular formula is C12H14ClNO2. The fourth-order valence-corrected chi connectivity index (χ4v) is 2.31. The number of carbonyl (C=O) groups is 1. The number of hydrogen-bond acceptors (Lipinski definition) is 3. The lowest BCUT2D eigenvalue weighted by Crippen LogP contribution is -2.12. The maximum Gasteiger partial charge on any atom is 0.341 e. The highest BCUT2D eigenvalue weighted by Gasteiger charge is 2.20. The van der Waals surface area contributed by atoms with Crippen molar-refractivity contribution in [2.24, 2.45) is 0 Å². The normalized spacial score (nSPS) is 14.4. The molecule has 0 aromatic carbocycles. The zero-order valence-electron chi connectivity index (χ0n) is 9.25. The third kappa shape index (κ3) is 2.05. The molecule has 1 aliphatic rings. The number of pyridine rings is 1. The lowest BCUT2D eigenvalue weighted by Gasteiger charge is -2.17. The van der Waals surface area contributed by atoms with Gasteiger partial charge in [-0.15, -0.1) is 0 Å². The molecule has 0 saturated carbocycles. The van der Waals surface area contributed by atoms with E-state index in [1.54, 1.807) is 6.92 Å². The molecule has 0 bridgehead atoms. The minimum Gasteiger partial charge on any atom is -0.462 e. The third-order valence-corrected chi connectivity index (χ3v) is 3.22. The third-order valence-electron chi connectivity index (χ3n) is 2.78. The standard InChI is InChI=1S/C12H14ClNO2/c1-2-16-12(15)9-7-14-10-6-4-3-5-8(10)11(9)13/h7H,2-6H2,1H3. The SMILES string of the molecule is CCOC(=O)c1cnc2c(c1Cl)CCCC2. The van der Waals surface area contributed by atoms with Gasteiger partial charge in [-0.3, -0.25) is 4.98 Å². The number of nitrogens with zero attached hydrogens (tertiary/aromatic N) is 1. The van der Waals surface area contributed by atoms with Crippen LogP contribution in [0, 0.1) is 0 Å². The van der Waals surface area contributed by atoms with E-state index in [9.17, 15) is 4.79 Å². The molecule has 4 heteroatoms. The molecule has 1 aliphatic carbocycles. The van der Waals surface area contributed by atoms with Gasteiger partial charge in [-0.1, -0.05) is 11.6 Å².